The first-order valence-electron chi connectivity index (χ1n) is 9.89. The summed E-state index contributed by atoms with van der Waals surface area (Å²) in [5.41, 5.74) is 12.0. The fourth-order valence-corrected chi connectivity index (χ4v) is 4.27. The molecule has 1 aliphatic heterocycles. The number of nitrogens with zero attached hydrogens (tertiary/aromatic N) is 3. The van der Waals surface area contributed by atoms with Crippen LogP contribution < -0.4 is 11.6 Å². The zero-order valence-corrected chi connectivity index (χ0v) is 16.9. The number of nitrogens with two attached hydrogens (primary N) is 2. The van der Waals surface area contributed by atoms with E-state index in [1.54, 1.807) is 13.2 Å². The molecule has 0 radical (unpaired) electrons. The Bertz CT molecular complexity index is 1090. The molecule has 1 saturated heterocycles. The van der Waals surface area contributed by atoms with Crippen molar-refractivity contribution < 1.29 is 9.53 Å². The highest BCUT2D eigenvalue weighted by molar-refractivity contribution is 6.07. The standard InChI is InChI=1S/C22H27N5O2/c1-14(23)22(26(2)24)17-10-20-21(25-11-17)18-9-16(13-28)3-4-19(18)27(20)12-15-5-7-29-8-6-15/h3-4,9-11,13,15H,5-8,12,23-24H2,1-2H3/b22-14-. The van der Waals surface area contributed by atoms with Gasteiger partial charge in [0, 0.05) is 55.2 Å². The van der Waals surface area contributed by atoms with E-state index < -0.39 is 0 Å². The van der Waals surface area contributed by atoms with E-state index in [0.29, 0.717) is 17.2 Å². The Morgan fingerprint density at radius 3 is 2.72 bits per heavy atom. The first-order chi connectivity index (χ1) is 14.0. The molecule has 3 aromatic rings. The van der Waals surface area contributed by atoms with Gasteiger partial charge >= 0.3 is 0 Å². The van der Waals surface area contributed by atoms with Crippen LogP contribution in [-0.4, -0.2) is 41.1 Å². The fraction of sp³-hybridized carbons (Fsp3) is 0.364. The Morgan fingerprint density at radius 1 is 1.31 bits per heavy atom. The lowest BCUT2D eigenvalue weighted by atomic mass is 10.0. The predicted molar refractivity (Wildman–Crippen MR) is 115 cm³/mol. The maximum absolute atomic E-state index is 11.3. The lowest BCUT2D eigenvalue weighted by Gasteiger charge is -2.23. The second-order valence-electron chi connectivity index (χ2n) is 7.80. The molecule has 1 fully saturated rings. The minimum Gasteiger partial charge on any atom is -0.401 e. The monoisotopic (exact) mass is 393 g/mol. The van der Waals surface area contributed by atoms with Gasteiger partial charge in [0.25, 0.3) is 0 Å². The van der Waals surface area contributed by atoms with Gasteiger partial charge < -0.3 is 20.0 Å². The number of pyridine rings is 1. The summed E-state index contributed by atoms with van der Waals surface area (Å²) in [5.74, 6) is 6.56. The number of carbonyl (C=O) groups is 1. The van der Waals surface area contributed by atoms with Gasteiger partial charge in [0.2, 0.25) is 0 Å². The maximum Gasteiger partial charge on any atom is 0.150 e. The lowest BCUT2D eigenvalue weighted by Crippen LogP contribution is -2.26. The number of aromatic nitrogens is 2. The Balaban J connectivity index is 1.93. The van der Waals surface area contributed by atoms with Gasteiger partial charge in [-0.1, -0.05) is 0 Å². The van der Waals surface area contributed by atoms with Crippen LogP contribution in [-0.2, 0) is 11.3 Å². The van der Waals surface area contributed by atoms with Crippen molar-refractivity contribution in [1.82, 2.24) is 14.6 Å². The number of hydrogen-bond donors (Lipinski definition) is 2. The van der Waals surface area contributed by atoms with E-state index in [4.69, 9.17) is 21.3 Å². The van der Waals surface area contributed by atoms with Crippen molar-refractivity contribution in [2.45, 2.75) is 26.3 Å². The number of rotatable bonds is 5. The minimum atomic E-state index is 0.542. The van der Waals surface area contributed by atoms with Gasteiger partial charge in [-0.2, -0.15) is 0 Å². The Kier molecular flexibility index (Phi) is 5.25. The molecule has 0 amide bonds. The summed E-state index contributed by atoms with van der Waals surface area (Å²) in [4.78, 5) is 16.1. The topological polar surface area (TPSA) is 99.4 Å². The van der Waals surface area contributed by atoms with Crippen LogP contribution in [0.4, 0.5) is 0 Å². The van der Waals surface area contributed by atoms with Crippen molar-refractivity contribution >= 4 is 33.9 Å². The van der Waals surface area contributed by atoms with Crippen molar-refractivity contribution in [3.05, 3.63) is 47.3 Å². The predicted octanol–water partition coefficient (Wildman–Crippen LogP) is 2.88. The Hall–Kier alpha value is -2.90. The third-order valence-corrected chi connectivity index (χ3v) is 5.64. The Morgan fingerprint density at radius 2 is 2.07 bits per heavy atom. The van der Waals surface area contributed by atoms with Crippen LogP contribution in [0, 0.1) is 5.92 Å². The molecule has 0 spiro atoms. The van der Waals surface area contributed by atoms with E-state index in [-0.39, 0.29) is 0 Å². The van der Waals surface area contributed by atoms with Crippen LogP contribution in [0.1, 0.15) is 35.7 Å². The molecule has 2 aromatic heterocycles. The molecule has 0 bridgehead atoms. The van der Waals surface area contributed by atoms with Crippen molar-refractivity contribution in [3.63, 3.8) is 0 Å². The van der Waals surface area contributed by atoms with Gasteiger partial charge in [-0.15, -0.1) is 0 Å². The molecule has 0 saturated carbocycles. The first-order valence-corrected chi connectivity index (χ1v) is 9.89. The number of aldehydes is 1. The van der Waals surface area contributed by atoms with Gasteiger partial charge in [0.05, 0.1) is 22.2 Å². The third-order valence-electron chi connectivity index (χ3n) is 5.64. The van der Waals surface area contributed by atoms with E-state index >= 15 is 0 Å². The van der Waals surface area contributed by atoms with E-state index in [0.717, 1.165) is 72.1 Å². The molecule has 1 aliphatic rings. The molecule has 4 N–H and O–H groups in total. The molecule has 29 heavy (non-hydrogen) atoms. The van der Waals surface area contributed by atoms with Crippen molar-refractivity contribution in [1.29, 1.82) is 0 Å². The van der Waals surface area contributed by atoms with Gasteiger partial charge in [-0.3, -0.25) is 9.78 Å². The number of benzene rings is 1. The van der Waals surface area contributed by atoms with Crippen LogP contribution in [0.3, 0.4) is 0 Å². The molecule has 3 heterocycles. The highest BCUT2D eigenvalue weighted by Crippen LogP contribution is 2.32. The lowest BCUT2D eigenvalue weighted by molar-refractivity contribution is 0.0619. The third kappa shape index (κ3) is 3.59. The highest BCUT2D eigenvalue weighted by Gasteiger charge is 2.20. The van der Waals surface area contributed by atoms with Crippen LogP contribution >= 0.6 is 0 Å². The van der Waals surface area contributed by atoms with Gasteiger partial charge in [-0.05, 0) is 49.9 Å². The molecule has 7 nitrogen and oxygen atoms in total. The fourth-order valence-electron chi connectivity index (χ4n) is 4.27. The smallest absolute Gasteiger partial charge is 0.150 e. The summed E-state index contributed by atoms with van der Waals surface area (Å²) < 4.78 is 7.84. The quantitative estimate of drug-likeness (QED) is 0.393. The SMILES string of the molecule is C/C(N)=C(\c1cnc2c3cc(C=O)ccc3n(CC3CCOCC3)c2c1)N(C)N. The van der Waals surface area contributed by atoms with Crippen molar-refractivity contribution in [2.75, 3.05) is 20.3 Å². The van der Waals surface area contributed by atoms with Crippen molar-refractivity contribution in [2.24, 2.45) is 17.5 Å². The summed E-state index contributed by atoms with van der Waals surface area (Å²) in [6, 6.07) is 7.88. The molecule has 4 rings (SSSR count). The van der Waals surface area contributed by atoms with Crippen LogP contribution in [0.5, 0.6) is 0 Å². The number of carbonyl (C=O) groups excluding carboxylic acids is 1. The summed E-state index contributed by atoms with van der Waals surface area (Å²) in [6.45, 7) is 4.32. The molecule has 0 unspecified atom stereocenters. The molecule has 152 valence electrons. The second-order valence-corrected chi connectivity index (χ2v) is 7.80. The van der Waals surface area contributed by atoms with Gasteiger partial charge in [0.1, 0.15) is 6.29 Å². The Labute approximate surface area is 169 Å². The maximum atomic E-state index is 11.3. The van der Waals surface area contributed by atoms with Crippen LogP contribution in [0.15, 0.2) is 36.2 Å². The van der Waals surface area contributed by atoms with Crippen LogP contribution in [0.2, 0.25) is 0 Å². The summed E-state index contributed by atoms with van der Waals surface area (Å²) in [5, 5.41) is 2.51. The normalized spacial score (nSPS) is 16.2. The second kappa shape index (κ2) is 7.85. The highest BCUT2D eigenvalue weighted by atomic mass is 16.5. The molecule has 1 aromatic carbocycles. The number of allylic oxidation sites excluding steroid dienone is 1. The minimum absolute atomic E-state index is 0.542. The zero-order valence-electron chi connectivity index (χ0n) is 16.9. The number of ether oxygens (including phenoxy) is 1. The van der Waals surface area contributed by atoms with Crippen molar-refractivity contribution in [3.8, 4) is 0 Å². The summed E-state index contributed by atoms with van der Waals surface area (Å²) in [7, 11) is 1.77. The van der Waals surface area contributed by atoms with Gasteiger partial charge in [0.15, 0.2) is 0 Å². The van der Waals surface area contributed by atoms with Crippen LogP contribution in [0.25, 0.3) is 27.6 Å². The largest absolute Gasteiger partial charge is 0.401 e. The summed E-state index contributed by atoms with van der Waals surface area (Å²) in [6.07, 6.45) is 4.75. The van der Waals surface area contributed by atoms with E-state index in [1.165, 1.54) is 5.01 Å². The molecule has 0 aliphatic carbocycles. The average Bonchev–Trinajstić information content (AvgIpc) is 3.01. The van der Waals surface area contributed by atoms with E-state index in [2.05, 4.69) is 10.6 Å². The van der Waals surface area contributed by atoms with E-state index in [9.17, 15) is 4.79 Å². The molecular formula is C22H27N5O2. The number of fused-ring (bicyclic) bond motifs is 3. The zero-order chi connectivity index (χ0) is 20.5. The molecule has 0 atom stereocenters. The average molecular weight is 393 g/mol. The number of hydrazine groups is 1. The summed E-state index contributed by atoms with van der Waals surface area (Å²) >= 11 is 0. The van der Waals surface area contributed by atoms with Gasteiger partial charge in [-0.25, -0.2) is 5.84 Å². The number of hydrogen-bond acceptors (Lipinski definition) is 6. The molecule has 7 heteroatoms. The molecular weight excluding hydrogens is 366 g/mol. The first kappa shape index (κ1) is 19.4. The van der Waals surface area contributed by atoms with E-state index in [1.807, 2.05) is 25.1 Å².